The third-order valence-corrected chi connectivity index (χ3v) is 8.50. The Morgan fingerprint density at radius 1 is 1.05 bits per heavy atom. The molecule has 3 aliphatic carbocycles. The zero-order chi connectivity index (χ0) is 28.6. The van der Waals surface area contributed by atoms with Gasteiger partial charge in [-0.05, 0) is 50.7 Å². The second-order valence-electron chi connectivity index (χ2n) is 10.9. The fourth-order valence-electron chi connectivity index (χ4n) is 6.75. The molecule has 4 aliphatic rings. The van der Waals surface area contributed by atoms with Crippen LogP contribution >= 0.6 is 0 Å². The molecule has 1 aromatic carbocycles. The number of hydrogen-bond acceptors (Lipinski definition) is 7. The van der Waals surface area contributed by atoms with E-state index in [0.717, 1.165) is 5.57 Å². The van der Waals surface area contributed by atoms with Gasteiger partial charge in [-0.1, -0.05) is 36.3 Å². The van der Waals surface area contributed by atoms with E-state index in [1.54, 1.807) is 19.1 Å². The third kappa shape index (κ3) is 4.83. The molecule has 1 saturated heterocycles. The number of amides is 2. The molecule has 9 heteroatoms. The minimum absolute atomic E-state index is 0.0471. The quantitative estimate of drug-likeness (QED) is 0.197. The number of carboxylic acids is 1. The summed E-state index contributed by atoms with van der Waals surface area (Å²) < 4.78 is 5.83. The van der Waals surface area contributed by atoms with Gasteiger partial charge in [-0.15, -0.1) is 0 Å². The number of benzene rings is 1. The molecular formula is C31H33NO8. The number of fused-ring (bicyclic) bond motifs is 3. The van der Waals surface area contributed by atoms with Crippen molar-refractivity contribution in [1.82, 2.24) is 4.90 Å². The summed E-state index contributed by atoms with van der Waals surface area (Å²) in [4.78, 5) is 66.0. The number of unbranched alkanes of at least 4 members (excludes halogenated alkanes) is 2. The number of carbonyl (C=O) groups is 5. The number of rotatable bonds is 10. The Balaban J connectivity index is 1.51. The number of hydrogen-bond donors (Lipinski definition) is 2. The van der Waals surface area contributed by atoms with E-state index in [4.69, 9.17) is 9.84 Å². The van der Waals surface area contributed by atoms with Gasteiger partial charge in [0.2, 0.25) is 11.8 Å². The van der Waals surface area contributed by atoms with Crippen molar-refractivity contribution in [3.05, 3.63) is 64.3 Å². The van der Waals surface area contributed by atoms with Gasteiger partial charge in [0.05, 0.1) is 18.4 Å². The average molecular weight is 548 g/mol. The number of para-hydroxylation sites is 1. The maximum Gasteiger partial charge on any atom is 0.303 e. The first kappa shape index (κ1) is 27.7. The Labute approximate surface area is 232 Å². The SMILES string of the molecule is CC1=CC(=O)C2=C(C[C@@H]3C(=CC[C@@H]4C(=O)N(CCCCCC(=O)O)C(=O)[C@@H]43)[C@@H]2c2ccccc2OCCO)C1=O. The van der Waals surface area contributed by atoms with Crippen molar-refractivity contribution in [3.8, 4) is 5.75 Å². The number of likely N-dealkylation sites (tertiary alicyclic amines) is 1. The van der Waals surface area contributed by atoms with Crippen LogP contribution in [0, 0.1) is 17.8 Å². The van der Waals surface area contributed by atoms with Gasteiger partial charge in [0, 0.05) is 41.2 Å². The van der Waals surface area contributed by atoms with Gasteiger partial charge in [0.1, 0.15) is 12.4 Å². The highest BCUT2D eigenvalue weighted by Crippen LogP contribution is 2.56. The predicted octanol–water partition coefficient (Wildman–Crippen LogP) is 3.13. The number of nitrogens with zero attached hydrogens (tertiary/aromatic N) is 1. The van der Waals surface area contributed by atoms with E-state index in [-0.39, 0.29) is 56.0 Å². The van der Waals surface area contributed by atoms with Crippen molar-refractivity contribution < 1.29 is 38.9 Å². The lowest BCUT2D eigenvalue weighted by Crippen LogP contribution is -2.40. The Morgan fingerprint density at radius 2 is 1.82 bits per heavy atom. The number of carbonyl (C=O) groups excluding carboxylic acids is 4. The summed E-state index contributed by atoms with van der Waals surface area (Å²) in [5.74, 6) is -3.55. The Bertz CT molecular complexity index is 1370. The number of allylic oxidation sites excluding steroid dienone is 6. The van der Waals surface area contributed by atoms with E-state index in [9.17, 15) is 29.1 Å². The molecule has 40 heavy (non-hydrogen) atoms. The Hall–Kier alpha value is -3.85. The number of carboxylic acid groups (broad SMARTS) is 1. The fourth-order valence-corrected chi connectivity index (χ4v) is 6.75. The summed E-state index contributed by atoms with van der Waals surface area (Å²) in [7, 11) is 0. The topological polar surface area (TPSA) is 138 Å². The summed E-state index contributed by atoms with van der Waals surface area (Å²) >= 11 is 0. The monoisotopic (exact) mass is 547 g/mol. The molecule has 210 valence electrons. The van der Waals surface area contributed by atoms with Crippen LogP contribution in [0.25, 0.3) is 0 Å². The molecule has 1 heterocycles. The standard InChI is InChI=1S/C31H33NO8/c1-17-15-23(34)28-22(29(17)37)16-21-18(26(28)19-7-4-5-8-24(19)40-14-13-33)10-11-20-27(21)31(39)32(30(20)38)12-6-2-3-9-25(35)36/h4-5,7-8,10,15,20-21,26-27,33H,2-3,6,9,11-14,16H2,1H3,(H,35,36)/t20-,21+,26+,27-/m0/s1. The molecule has 9 nitrogen and oxygen atoms in total. The molecule has 1 fully saturated rings. The second kappa shape index (κ2) is 11.3. The normalized spacial score (nSPS) is 25.8. The minimum atomic E-state index is -0.873. The molecule has 2 N–H and O–H groups in total. The molecule has 1 aromatic rings. The van der Waals surface area contributed by atoms with Crippen LogP contribution in [0.2, 0.25) is 0 Å². The van der Waals surface area contributed by atoms with Crippen LogP contribution in [0.1, 0.15) is 56.9 Å². The summed E-state index contributed by atoms with van der Waals surface area (Å²) in [6.07, 6.45) is 5.54. The highest BCUT2D eigenvalue weighted by atomic mass is 16.5. The highest BCUT2D eigenvalue weighted by Gasteiger charge is 2.56. The van der Waals surface area contributed by atoms with Crippen LogP contribution < -0.4 is 4.74 Å². The van der Waals surface area contributed by atoms with Crippen LogP contribution in [0.15, 0.2) is 58.7 Å². The maximum absolute atomic E-state index is 13.8. The third-order valence-electron chi connectivity index (χ3n) is 8.50. The largest absolute Gasteiger partial charge is 0.491 e. The summed E-state index contributed by atoms with van der Waals surface area (Å²) in [6, 6.07) is 7.21. The molecule has 0 saturated carbocycles. The molecule has 0 unspecified atom stereocenters. The Morgan fingerprint density at radius 3 is 2.58 bits per heavy atom. The number of imide groups is 1. The summed E-state index contributed by atoms with van der Waals surface area (Å²) in [5, 5.41) is 18.2. The first-order chi connectivity index (χ1) is 19.2. The van der Waals surface area contributed by atoms with Gasteiger partial charge in [0.25, 0.3) is 0 Å². The van der Waals surface area contributed by atoms with Gasteiger partial charge >= 0.3 is 5.97 Å². The molecule has 0 aromatic heterocycles. The van der Waals surface area contributed by atoms with Gasteiger partial charge in [-0.3, -0.25) is 28.9 Å². The van der Waals surface area contributed by atoms with Gasteiger partial charge in [0.15, 0.2) is 11.6 Å². The summed E-state index contributed by atoms with van der Waals surface area (Å²) in [5.41, 5.74) is 2.66. The van der Waals surface area contributed by atoms with Crippen LogP contribution in [0.3, 0.4) is 0 Å². The number of aliphatic carboxylic acids is 1. The van der Waals surface area contributed by atoms with E-state index in [2.05, 4.69) is 0 Å². The fraction of sp³-hybridized carbons (Fsp3) is 0.452. The van der Waals surface area contributed by atoms with Gasteiger partial charge in [-0.25, -0.2) is 0 Å². The van der Waals surface area contributed by atoms with Crippen LogP contribution in [-0.4, -0.2) is 64.2 Å². The smallest absolute Gasteiger partial charge is 0.303 e. The first-order valence-corrected chi connectivity index (χ1v) is 13.8. The van der Waals surface area contributed by atoms with Crippen molar-refractivity contribution in [1.29, 1.82) is 0 Å². The van der Waals surface area contributed by atoms with E-state index in [1.165, 1.54) is 11.0 Å². The van der Waals surface area contributed by atoms with Crippen molar-refractivity contribution in [3.63, 3.8) is 0 Å². The van der Waals surface area contributed by atoms with Crippen LogP contribution in [-0.2, 0) is 24.0 Å². The number of ether oxygens (including phenoxy) is 1. The van der Waals surface area contributed by atoms with Crippen molar-refractivity contribution >= 4 is 29.4 Å². The van der Waals surface area contributed by atoms with E-state index < -0.39 is 29.6 Å². The first-order valence-electron chi connectivity index (χ1n) is 13.8. The molecule has 1 aliphatic heterocycles. The number of Topliss-reactive ketones (excluding diaryl/α,β-unsaturated/α-hetero) is 1. The average Bonchev–Trinajstić information content (AvgIpc) is 3.18. The molecule has 0 radical (unpaired) electrons. The number of ketones is 2. The molecule has 4 atom stereocenters. The lowest BCUT2D eigenvalue weighted by molar-refractivity contribution is -0.141. The van der Waals surface area contributed by atoms with Crippen molar-refractivity contribution in [2.24, 2.45) is 17.8 Å². The summed E-state index contributed by atoms with van der Waals surface area (Å²) in [6.45, 7) is 1.72. The maximum atomic E-state index is 13.8. The Kier molecular flexibility index (Phi) is 7.85. The van der Waals surface area contributed by atoms with E-state index in [1.807, 2.05) is 18.2 Å². The van der Waals surface area contributed by atoms with Crippen LogP contribution in [0.5, 0.6) is 5.75 Å². The lowest BCUT2D eigenvalue weighted by Gasteiger charge is -2.42. The second-order valence-corrected chi connectivity index (χ2v) is 10.9. The van der Waals surface area contributed by atoms with Crippen LogP contribution in [0.4, 0.5) is 0 Å². The van der Waals surface area contributed by atoms with Gasteiger partial charge in [-0.2, -0.15) is 0 Å². The minimum Gasteiger partial charge on any atom is -0.491 e. The molecule has 5 rings (SSSR count). The molecule has 0 spiro atoms. The van der Waals surface area contributed by atoms with E-state index in [0.29, 0.717) is 53.7 Å². The lowest BCUT2D eigenvalue weighted by atomic mass is 9.59. The molecule has 0 bridgehead atoms. The molecule has 2 amide bonds. The van der Waals surface area contributed by atoms with Crippen molar-refractivity contribution in [2.75, 3.05) is 19.8 Å². The van der Waals surface area contributed by atoms with E-state index >= 15 is 0 Å². The highest BCUT2D eigenvalue weighted by molar-refractivity contribution is 6.23. The predicted molar refractivity (Wildman–Crippen MR) is 143 cm³/mol. The zero-order valence-electron chi connectivity index (χ0n) is 22.4. The molecular weight excluding hydrogens is 514 g/mol. The van der Waals surface area contributed by atoms with Gasteiger partial charge < -0.3 is 14.9 Å². The zero-order valence-corrected chi connectivity index (χ0v) is 22.4. The number of aliphatic hydroxyl groups excluding tert-OH is 1. The number of aliphatic hydroxyl groups is 1. The van der Waals surface area contributed by atoms with Crippen molar-refractivity contribution in [2.45, 2.75) is 51.4 Å².